The van der Waals surface area contributed by atoms with Gasteiger partial charge in [0.25, 0.3) is 0 Å². The number of thioether (sulfide) groups is 1. The van der Waals surface area contributed by atoms with Crippen molar-refractivity contribution in [3.8, 4) is 0 Å². The molecule has 0 saturated heterocycles. The highest BCUT2D eigenvalue weighted by molar-refractivity contribution is 7.99. The SMILES string of the molecule is CC(C)COCCSCCC(=O)O. The third-order valence-corrected chi connectivity index (χ3v) is 2.23. The van der Waals surface area contributed by atoms with E-state index in [0.717, 1.165) is 19.0 Å². The van der Waals surface area contributed by atoms with Crippen LogP contribution < -0.4 is 0 Å². The Labute approximate surface area is 83.9 Å². The Balaban J connectivity index is 2.96. The first-order valence-corrected chi connectivity index (χ1v) is 5.65. The number of carboxylic acid groups (broad SMARTS) is 1. The molecule has 0 atom stereocenters. The topological polar surface area (TPSA) is 46.5 Å². The Morgan fingerprint density at radius 1 is 1.46 bits per heavy atom. The normalized spacial score (nSPS) is 10.7. The highest BCUT2D eigenvalue weighted by atomic mass is 32.2. The summed E-state index contributed by atoms with van der Waals surface area (Å²) in [6.45, 7) is 5.73. The average molecular weight is 206 g/mol. The van der Waals surface area contributed by atoms with Gasteiger partial charge in [-0.15, -0.1) is 0 Å². The maximum Gasteiger partial charge on any atom is 0.304 e. The van der Waals surface area contributed by atoms with Crippen molar-refractivity contribution >= 4 is 17.7 Å². The van der Waals surface area contributed by atoms with Crippen LogP contribution in [0.15, 0.2) is 0 Å². The molecule has 0 aliphatic heterocycles. The van der Waals surface area contributed by atoms with Crippen molar-refractivity contribution in [2.24, 2.45) is 5.92 Å². The van der Waals surface area contributed by atoms with Crippen molar-refractivity contribution in [1.29, 1.82) is 0 Å². The lowest BCUT2D eigenvalue weighted by Crippen LogP contribution is -2.05. The van der Waals surface area contributed by atoms with E-state index in [1.54, 1.807) is 11.8 Å². The minimum atomic E-state index is -0.726. The molecule has 0 spiro atoms. The molecule has 4 heteroatoms. The summed E-state index contributed by atoms with van der Waals surface area (Å²) in [5.41, 5.74) is 0. The molecule has 0 fully saturated rings. The molecule has 13 heavy (non-hydrogen) atoms. The second kappa shape index (κ2) is 8.38. The summed E-state index contributed by atoms with van der Waals surface area (Å²) in [4.78, 5) is 10.1. The quantitative estimate of drug-likeness (QED) is 0.616. The monoisotopic (exact) mass is 206 g/mol. The first-order valence-electron chi connectivity index (χ1n) is 4.50. The van der Waals surface area contributed by atoms with Gasteiger partial charge in [0.05, 0.1) is 13.0 Å². The van der Waals surface area contributed by atoms with Gasteiger partial charge < -0.3 is 9.84 Å². The van der Waals surface area contributed by atoms with Gasteiger partial charge in [-0.2, -0.15) is 11.8 Å². The number of aliphatic carboxylic acids is 1. The van der Waals surface area contributed by atoms with Crippen molar-refractivity contribution in [3.63, 3.8) is 0 Å². The minimum absolute atomic E-state index is 0.245. The zero-order chi connectivity index (χ0) is 10.1. The summed E-state index contributed by atoms with van der Waals surface area (Å²) in [7, 11) is 0. The average Bonchev–Trinajstić information content (AvgIpc) is 2.01. The summed E-state index contributed by atoms with van der Waals surface area (Å²) >= 11 is 1.63. The molecule has 0 aliphatic rings. The number of rotatable bonds is 8. The Morgan fingerprint density at radius 3 is 2.69 bits per heavy atom. The van der Waals surface area contributed by atoms with E-state index in [4.69, 9.17) is 9.84 Å². The van der Waals surface area contributed by atoms with E-state index < -0.39 is 5.97 Å². The van der Waals surface area contributed by atoms with Crippen LogP contribution in [-0.4, -0.2) is 35.8 Å². The second-order valence-corrected chi connectivity index (χ2v) is 4.45. The molecule has 3 nitrogen and oxygen atoms in total. The molecule has 0 aromatic rings. The molecule has 1 N–H and O–H groups in total. The Hall–Kier alpha value is -0.220. The van der Waals surface area contributed by atoms with E-state index in [1.807, 2.05) is 0 Å². The molecule has 0 radical (unpaired) electrons. The molecule has 0 bridgehead atoms. The third-order valence-electron chi connectivity index (χ3n) is 1.28. The molecular weight excluding hydrogens is 188 g/mol. The van der Waals surface area contributed by atoms with Crippen LogP contribution in [0, 0.1) is 5.92 Å². The predicted molar refractivity (Wildman–Crippen MR) is 55.2 cm³/mol. The molecule has 0 amide bonds. The standard InChI is InChI=1S/C9H18O3S/c1-8(2)7-12-4-6-13-5-3-9(10)11/h8H,3-7H2,1-2H3,(H,10,11). The highest BCUT2D eigenvalue weighted by Gasteiger charge is 1.97. The fourth-order valence-corrected chi connectivity index (χ4v) is 1.46. The number of ether oxygens (including phenoxy) is 1. The van der Waals surface area contributed by atoms with Crippen LogP contribution in [-0.2, 0) is 9.53 Å². The molecule has 0 saturated carbocycles. The van der Waals surface area contributed by atoms with E-state index in [2.05, 4.69) is 13.8 Å². The van der Waals surface area contributed by atoms with Crippen LogP contribution >= 0.6 is 11.8 Å². The third kappa shape index (κ3) is 11.8. The van der Waals surface area contributed by atoms with Crippen molar-refractivity contribution in [2.45, 2.75) is 20.3 Å². The van der Waals surface area contributed by atoms with Crippen molar-refractivity contribution in [2.75, 3.05) is 24.7 Å². The van der Waals surface area contributed by atoms with Gasteiger partial charge >= 0.3 is 5.97 Å². The first-order chi connectivity index (χ1) is 6.13. The molecule has 0 aromatic carbocycles. The first kappa shape index (κ1) is 12.8. The van der Waals surface area contributed by atoms with E-state index in [0.29, 0.717) is 11.7 Å². The Bertz CT molecular complexity index is 137. The maximum atomic E-state index is 10.1. The van der Waals surface area contributed by atoms with E-state index >= 15 is 0 Å². The maximum absolute atomic E-state index is 10.1. The summed E-state index contributed by atoms with van der Waals surface area (Å²) in [5, 5.41) is 8.34. The van der Waals surface area contributed by atoms with Gasteiger partial charge in [-0.1, -0.05) is 13.8 Å². The van der Waals surface area contributed by atoms with Crippen molar-refractivity contribution in [3.05, 3.63) is 0 Å². The van der Waals surface area contributed by atoms with Gasteiger partial charge in [-0.25, -0.2) is 0 Å². The van der Waals surface area contributed by atoms with Gasteiger partial charge in [0, 0.05) is 18.1 Å². The van der Waals surface area contributed by atoms with Gasteiger partial charge in [-0.3, -0.25) is 4.79 Å². The van der Waals surface area contributed by atoms with Crippen LogP contribution in [0.25, 0.3) is 0 Å². The molecule has 0 unspecified atom stereocenters. The molecule has 78 valence electrons. The zero-order valence-corrected chi connectivity index (χ0v) is 9.10. The van der Waals surface area contributed by atoms with Crippen molar-refractivity contribution in [1.82, 2.24) is 0 Å². The van der Waals surface area contributed by atoms with E-state index in [9.17, 15) is 4.79 Å². The van der Waals surface area contributed by atoms with Crippen LogP contribution in [0.1, 0.15) is 20.3 Å². The summed E-state index contributed by atoms with van der Waals surface area (Å²) < 4.78 is 5.33. The van der Waals surface area contributed by atoms with Crippen molar-refractivity contribution < 1.29 is 14.6 Å². The van der Waals surface area contributed by atoms with E-state index in [1.165, 1.54) is 0 Å². The lowest BCUT2D eigenvalue weighted by molar-refractivity contribution is -0.136. The summed E-state index contributed by atoms with van der Waals surface area (Å²) in [5.74, 6) is 1.42. The minimum Gasteiger partial charge on any atom is -0.481 e. The van der Waals surface area contributed by atoms with Crippen LogP contribution in [0.4, 0.5) is 0 Å². The van der Waals surface area contributed by atoms with Crippen LogP contribution in [0.2, 0.25) is 0 Å². The second-order valence-electron chi connectivity index (χ2n) is 3.22. The molecule has 0 heterocycles. The zero-order valence-electron chi connectivity index (χ0n) is 8.28. The summed E-state index contributed by atoms with van der Waals surface area (Å²) in [6.07, 6.45) is 0.245. The number of carboxylic acids is 1. The van der Waals surface area contributed by atoms with Gasteiger partial charge in [0.1, 0.15) is 0 Å². The lowest BCUT2D eigenvalue weighted by atomic mass is 10.2. The number of hydrogen-bond acceptors (Lipinski definition) is 3. The fraction of sp³-hybridized carbons (Fsp3) is 0.889. The smallest absolute Gasteiger partial charge is 0.304 e. The molecule has 0 aromatic heterocycles. The molecule has 0 rings (SSSR count). The van der Waals surface area contributed by atoms with Gasteiger partial charge in [-0.05, 0) is 5.92 Å². The Morgan fingerprint density at radius 2 is 2.15 bits per heavy atom. The van der Waals surface area contributed by atoms with Crippen LogP contribution in [0.3, 0.4) is 0 Å². The van der Waals surface area contributed by atoms with Crippen LogP contribution in [0.5, 0.6) is 0 Å². The molecule has 0 aliphatic carbocycles. The number of carbonyl (C=O) groups is 1. The van der Waals surface area contributed by atoms with Gasteiger partial charge in [0.2, 0.25) is 0 Å². The van der Waals surface area contributed by atoms with E-state index in [-0.39, 0.29) is 6.42 Å². The predicted octanol–water partition coefficient (Wildman–Crippen LogP) is 1.87. The lowest BCUT2D eigenvalue weighted by Gasteiger charge is -2.05. The Kier molecular flexibility index (Phi) is 8.24. The van der Waals surface area contributed by atoms with Gasteiger partial charge in [0.15, 0.2) is 0 Å². The molecular formula is C9H18O3S. The summed E-state index contributed by atoms with van der Waals surface area (Å²) in [6, 6.07) is 0. The highest BCUT2D eigenvalue weighted by Crippen LogP contribution is 2.02. The number of hydrogen-bond donors (Lipinski definition) is 1. The fourth-order valence-electron chi connectivity index (χ4n) is 0.698. The largest absolute Gasteiger partial charge is 0.481 e.